The third-order valence-electron chi connectivity index (χ3n) is 2.36. The molecule has 0 heterocycles. The lowest BCUT2D eigenvalue weighted by Gasteiger charge is -2.27. The second-order valence-electron chi connectivity index (χ2n) is 5.45. The topological polar surface area (TPSA) is 0 Å². The molecule has 1 aromatic rings. The SMILES string of the molecule is C=P(C)(C)c1ccccc1C(C)(C)C. The number of hydrogen-bond acceptors (Lipinski definition) is 0. The molecule has 0 saturated carbocycles. The van der Waals surface area contributed by atoms with Crippen LogP contribution in [0.3, 0.4) is 0 Å². The summed E-state index contributed by atoms with van der Waals surface area (Å²) in [6.07, 6.45) is 4.33. The van der Waals surface area contributed by atoms with Crippen LogP contribution in [-0.2, 0) is 5.41 Å². The molecular formula is C13H21P. The van der Waals surface area contributed by atoms with Crippen LogP contribution in [0.15, 0.2) is 24.3 Å². The summed E-state index contributed by atoms with van der Waals surface area (Å²) in [5.41, 5.74) is 1.68. The van der Waals surface area contributed by atoms with Crippen LogP contribution in [0.4, 0.5) is 0 Å². The second kappa shape index (κ2) is 3.59. The van der Waals surface area contributed by atoms with Crippen LogP contribution < -0.4 is 5.30 Å². The molecule has 1 aromatic carbocycles. The molecule has 14 heavy (non-hydrogen) atoms. The lowest BCUT2D eigenvalue weighted by atomic mass is 9.87. The maximum absolute atomic E-state index is 4.33. The van der Waals surface area contributed by atoms with Crippen molar-refractivity contribution in [3.8, 4) is 0 Å². The van der Waals surface area contributed by atoms with Gasteiger partial charge in [0.1, 0.15) is 0 Å². The Morgan fingerprint density at radius 2 is 1.57 bits per heavy atom. The Kier molecular flexibility index (Phi) is 2.97. The van der Waals surface area contributed by atoms with Gasteiger partial charge in [0.15, 0.2) is 0 Å². The molecule has 0 unspecified atom stereocenters. The highest BCUT2D eigenvalue weighted by Gasteiger charge is 2.19. The summed E-state index contributed by atoms with van der Waals surface area (Å²) >= 11 is 0. The molecule has 0 aromatic heterocycles. The average Bonchev–Trinajstić information content (AvgIpc) is 2.01. The van der Waals surface area contributed by atoms with Crippen LogP contribution >= 0.6 is 6.89 Å². The lowest BCUT2D eigenvalue weighted by Crippen LogP contribution is -2.22. The van der Waals surface area contributed by atoms with Gasteiger partial charge in [-0.1, -0.05) is 58.2 Å². The third kappa shape index (κ3) is 2.51. The molecule has 0 fully saturated rings. The fourth-order valence-electron chi connectivity index (χ4n) is 1.64. The standard InChI is InChI=1S/C13H21P/c1-13(2,3)11-9-7-8-10-12(11)14(4,5)6/h7-10H,4H2,1-3,5-6H3. The normalized spacial score (nSPS) is 12.9. The minimum atomic E-state index is -1.15. The molecule has 0 bridgehead atoms. The summed E-state index contributed by atoms with van der Waals surface area (Å²) in [6, 6.07) is 8.72. The van der Waals surface area contributed by atoms with E-state index in [1.807, 2.05) is 0 Å². The van der Waals surface area contributed by atoms with E-state index < -0.39 is 6.89 Å². The fraction of sp³-hybridized carbons (Fsp3) is 0.462. The van der Waals surface area contributed by atoms with E-state index >= 15 is 0 Å². The molecule has 1 rings (SSSR count). The molecule has 0 amide bonds. The number of benzene rings is 1. The first kappa shape index (κ1) is 11.6. The van der Waals surface area contributed by atoms with Crippen molar-refractivity contribution in [3.05, 3.63) is 29.8 Å². The summed E-state index contributed by atoms with van der Waals surface area (Å²) in [5.74, 6) is 0. The molecule has 78 valence electrons. The maximum atomic E-state index is 4.33. The number of rotatable bonds is 1. The Morgan fingerprint density at radius 1 is 1.07 bits per heavy atom. The van der Waals surface area contributed by atoms with E-state index in [1.54, 1.807) is 0 Å². The van der Waals surface area contributed by atoms with Crippen molar-refractivity contribution in [1.29, 1.82) is 0 Å². The Morgan fingerprint density at radius 3 is 1.93 bits per heavy atom. The third-order valence-corrected chi connectivity index (χ3v) is 4.06. The van der Waals surface area contributed by atoms with Crippen LogP contribution in [0, 0.1) is 0 Å². The van der Waals surface area contributed by atoms with E-state index in [0.29, 0.717) is 0 Å². The molecule has 1 heteroatoms. The van der Waals surface area contributed by atoms with Gasteiger partial charge in [0.05, 0.1) is 0 Å². The van der Waals surface area contributed by atoms with Crippen LogP contribution in [0.2, 0.25) is 0 Å². The van der Waals surface area contributed by atoms with Gasteiger partial charge in [0.2, 0.25) is 0 Å². The Hall–Kier alpha value is -0.480. The number of hydrogen-bond donors (Lipinski definition) is 0. The molecule has 0 saturated heterocycles. The van der Waals surface area contributed by atoms with Gasteiger partial charge in [-0.25, -0.2) is 0 Å². The maximum Gasteiger partial charge on any atom is -0.0126 e. The summed E-state index contributed by atoms with van der Waals surface area (Å²) in [5, 5.41) is 1.47. The van der Waals surface area contributed by atoms with Crippen LogP contribution in [0.25, 0.3) is 0 Å². The van der Waals surface area contributed by atoms with Gasteiger partial charge in [-0.3, -0.25) is 0 Å². The first-order chi connectivity index (χ1) is 6.23. The van der Waals surface area contributed by atoms with Gasteiger partial charge in [0.25, 0.3) is 0 Å². The predicted octanol–water partition coefficient (Wildman–Crippen LogP) is 3.32. The highest BCUT2D eigenvalue weighted by atomic mass is 31.2. The van der Waals surface area contributed by atoms with Crippen molar-refractivity contribution >= 4 is 18.5 Å². The quantitative estimate of drug-likeness (QED) is 0.621. The van der Waals surface area contributed by atoms with Crippen molar-refractivity contribution in [3.63, 3.8) is 0 Å². The summed E-state index contributed by atoms with van der Waals surface area (Å²) in [4.78, 5) is 0. The van der Waals surface area contributed by atoms with E-state index in [4.69, 9.17) is 0 Å². The van der Waals surface area contributed by atoms with Crippen LogP contribution in [0.5, 0.6) is 0 Å². The Bertz CT molecular complexity index is 363. The Balaban J connectivity index is 3.39. The van der Waals surface area contributed by atoms with Gasteiger partial charge >= 0.3 is 0 Å². The second-order valence-corrected chi connectivity index (χ2v) is 9.30. The van der Waals surface area contributed by atoms with Gasteiger partial charge in [-0.15, -0.1) is 0 Å². The van der Waals surface area contributed by atoms with Gasteiger partial charge in [0, 0.05) is 0 Å². The van der Waals surface area contributed by atoms with E-state index in [0.717, 1.165) is 0 Å². The van der Waals surface area contributed by atoms with E-state index in [1.165, 1.54) is 10.9 Å². The fourth-order valence-corrected chi connectivity index (χ4v) is 3.19. The molecule has 0 aliphatic carbocycles. The van der Waals surface area contributed by atoms with Crippen molar-refractivity contribution in [2.75, 3.05) is 13.3 Å². The molecule has 0 nitrogen and oxygen atoms in total. The lowest BCUT2D eigenvalue weighted by molar-refractivity contribution is 0.594. The van der Waals surface area contributed by atoms with Gasteiger partial charge in [-0.2, -0.15) is 0 Å². The zero-order valence-corrected chi connectivity index (χ0v) is 10.9. The van der Waals surface area contributed by atoms with Gasteiger partial charge < -0.3 is 0 Å². The molecule has 0 atom stereocenters. The molecular weight excluding hydrogens is 187 g/mol. The van der Waals surface area contributed by atoms with Crippen LogP contribution in [0.1, 0.15) is 26.3 Å². The van der Waals surface area contributed by atoms with Crippen molar-refractivity contribution in [2.45, 2.75) is 26.2 Å². The zero-order chi connectivity index (χ0) is 11.0. The molecule has 0 N–H and O–H groups in total. The summed E-state index contributed by atoms with van der Waals surface area (Å²) < 4.78 is 0. The minimum Gasteiger partial charge on any atom is -0.0971 e. The highest BCUT2D eigenvalue weighted by molar-refractivity contribution is 7.79. The zero-order valence-electron chi connectivity index (χ0n) is 9.96. The van der Waals surface area contributed by atoms with Crippen molar-refractivity contribution in [2.24, 2.45) is 0 Å². The summed E-state index contributed by atoms with van der Waals surface area (Å²) in [6.45, 7) is 10.2. The Labute approximate surface area is 88.3 Å². The van der Waals surface area contributed by atoms with E-state index in [9.17, 15) is 0 Å². The molecule has 0 aliphatic rings. The highest BCUT2D eigenvalue weighted by Crippen LogP contribution is 2.38. The molecule has 0 radical (unpaired) electrons. The smallest absolute Gasteiger partial charge is 0.0126 e. The van der Waals surface area contributed by atoms with Crippen molar-refractivity contribution < 1.29 is 0 Å². The average molecular weight is 208 g/mol. The molecule has 0 spiro atoms. The largest absolute Gasteiger partial charge is 0.0971 e. The monoisotopic (exact) mass is 208 g/mol. The van der Waals surface area contributed by atoms with E-state index in [-0.39, 0.29) is 5.41 Å². The first-order valence-electron chi connectivity index (χ1n) is 5.01. The summed E-state index contributed by atoms with van der Waals surface area (Å²) in [7, 11) is 0. The van der Waals surface area contributed by atoms with E-state index in [2.05, 4.69) is 64.7 Å². The van der Waals surface area contributed by atoms with Crippen molar-refractivity contribution in [1.82, 2.24) is 0 Å². The first-order valence-corrected chi connectivity index (χ1v) is 7.88. The van der Waals surface area contributed by atoms with Gasteiger partial charge in [-0.05, 0) is 29.6 Å². The minimum absolute atomic E-state index is 0.228. The predicted molar refractivity (Wildman–Crippen MR) is 70.7 cm³/mol. The van der Waals surface area contributed by atoms with Crippen LogP contribution in [-0.4, -0.2) is 19.6 Å². The molecule has 0 aliphatic heterocycles.